The number of rotatable bonds is 0. The van der Waals surface area contributed by atoms with Crippen molar-refractivity contribution in [2.75, 3.05) is 0 Å². The van der Waals surface area contributed by atoms with Crippen molar-refractivity contribution < 1.29 is 0 Å². The van der Waals surface area contributed by atoms with Crippen LogP contribution in [0.4, 0.5) is 0 Å². The zero-order chi connectivity index (χ0) is 96.9. The molecule has 0 saturated carbocycles. The molecule has 0 atom stereocenters. The summed E-state index contributed by atoms with van der Waals surface area (Å²) in [4.78, 5) is 0. The highest BCUT2D eigenvalue weighted by Gasteiger charge is 2.25. The third-order valence-electron chi connectivity index (χ3n) is 31.5. The van der Waals surface area contributed by atoms with Gasteiger partial charge in [-0.05, 0) is 330 Å². The second-order valence-corrected chi connectivity index (χ2v) is 39.5. The van der Waals surface area contributed by atoms with Gasteiger partial charge in [-0.1, -0.05) is 528 Å². The summed E-state index contributed by atoms with van der Waals surface area (Å²) in [6.45, 7) is 0. The van der Waals surface area contributed by atoms with Crippen LogP contribution < -0.4 is 0 Å². The van der Waals surface area contributed by atoms with Crippen molar-refractivity contribution in [2.24, 2.45) is 0 Å². The molecule has 0 nitrogen and oxygen atoms in total. The van der Waals surface area contributed by atoms with Crippen molar-refractivity contribution in [1.29, 1.82) is 0 Å². The van der Waals surface area contributed by atoms with Crippen molar-refractivity contribution in [3.05, 3.63) is 579 Å². The Morgan fingerprint density at radius 3 is 0.653 bits per heavy atom. The molecule has 34 rings (SSSR count). The van der Waals surface area contributed by atoms with E-state index in [1.807, 2.05) is 0 Å². The van der Waals surface area contributed by atoms with Crippen molar-refractivity contribution in [1.82, 2.24) is 0 Å². The van der Waals surface area contributed by atoms with Crippen molar-refractivity contribution in [3.8, 4) is 33.4 Å². The molecule has 0 spiro atoms. The molecular formula is C147H96. The van der Waals surface area contributed by atoms with Gasteiger partial charge in [0.2, 0.25) is 0 Å². The van der Waals surface area contributed by atoms with Crippen LogP contribution in [0.2, 0.25) is 0 Å². The van der Waals surface area contributed by atoms with Crippen LogP contribution in [0.5, 0.6) is 0 Å². The third kappa shape index (κ3) is 14.8. The Bertz CT molecular complexity index is 10200. The van der Waals surface area contributed by atoms with Crippen molar-refractivity contribution in [3.63, 3.8) is 0 Å². The highest BCUT2D eigenvalue weighted by atomic mass is 14.3. The number of hydrogen-bond acceptors (Lipinski definition) is 0. The quantitative estimate of drug-likeness (QED) is 0.105. The summed E-state index contributed by atoms with van der Waals surface area (Å²) in [7, 11) is 0. The Balaban J connectivity index is 0.0000000838. The number of fused-ring (bicyclic) bond motifs is 50. The lowest BCUT2D eigenvalue weighted by Gasteiger charge is -2.16. The summed E-state index contributed by atoms with van der Waals surface area (Å²) in [5, 5.41) is 56.1. The Kier molecular flexibility index (Phi) is 21.3. The van der Waals surface area contributed by atoms with Gasteiger partial charge >= 0.3 is 0 Å². The van der Waals surface area contributed by atoms with Gasteiger partial charge in [0, 0.05) is 0 Å². The molecule has 3 aliphatic carbocycles. The van der Waals surface area contributed by atoms with Gasteiger partial charge in [0.1, 0.15) is 0 Å². The largest absolute Gasteiger partial charge is 0.0619 e. The Labute approximate surface area is 851 Å². The minimum atomic E-state index is 1.08. The van der Waals surface area contributed by atoms with Gasteiger partial charge in [0.15, 0.2) is 0 Å². The second-order valence-electron chi connectivity index (χ2n) is 39.5. The molecule has 0 heterocycles. The summed E-state index contributed by atoms with van der Waals surface area (Å²) in [6, 6.07) is 198. The maximum atomic E-state index is 2.37. The number of benzene rings is 31. The molecule has 0 saturated heterocycles. The van der Waals surface area contributed by atoms with Gasteiger partial charge in [-0.2, -0.15) is 0 Å². The standard InChI is InChI=1S/3C26H16.C22H14.2C17H12.C13H10/c1-5-13-21-17(9-1)18-10-2-6-14-22(18)26-24-16-8-4-12-20(24)19-11-3-7-15-23(19)25(21)26;1-3-9-19-17(7-1)13-15-23-21-11-5-6-12-22(21)24-16-14-18-8-2-4-10-20(18)26(24)25(19)23;1-2-9-19-16-25-24(15-18(19)8-1)22-12-6-5-11-21(22)23-14-13-17-7-3-4-10-20(17)26(23)25;1-2-8-16-15(7-1)13-14-21-19-11-4-3-9-17(19)18-10-5-6-12-20(18)22(16)21;1-3-7-15-12(5-1)9-10-14-11-13-6-2-4-8-16(13)17(14)15;1-2-6-13-11-17-15(9-12(13)5-1)10-14-7-3-4-8-16(14)17;1-3-7-12-10(5-1)9-11-6-2-4-8-13(11)12/h3*1-16H;1-14H;1-10H,11H2;1-9,11H,10H2;1-8H,9H2. The van der Waals surface area contributed by atoms with Crippen LogP contribution in [0.15, 0.2) is 546 Å². The maximum absolute atomic E-state index is 2.37. The van der Waals surface area contributed by atoms with E-state index in [1.165, 1.54) is 293 Å². The first-order valence-corrected chi connectivity index (χ1v) is 51.5. The molecular weight excluding hydrogens is 1770 g/mol. The van der Waals surface area contributed by atoms with E-state index in [2.05, 4.69) is 546 Å². The summed E-state index contributed by atoms with van der Waals surface area (Å²) >= 11 is 0. The van der Waals surface area contributed by atoms with Crippen LogP contribution in [0.25, 0.3) is 260 Å². The van der Waals surface area contributed by atoms with Crippen LogP contribution >= 0.6 is 0 Å². The zero-order valence-corrected chi connectivity index (χ0v) is 81.1. The summed E-state index contributed by atoms with van der Waals surface area (Å²) in [5.41, 5.74) is 17.3. The molecule has 31 aromatic carbocycles. The molecule has 0 aromatic heterocycles. The fourth-order valence-corrected chi connectivity index (χ4v) is 25.0. The summed E-state index contributed by atoms with van der Waals surface area (Å²) in [5.74, 6) is 0. The van der Waals surface area contributed by atoms with Crippen molar-refractivity contribution in [2.45, 2.75) is 19.3 Å². The second kappa shape index (κ2) is 36.4. The normalized spacial score (nSPS) is 12.0. The highest BCUT2D eigenvalue weighted by molar-refractivity contribution is 6.41. The average Bonchev–Trinajstić information content (AvgIpc) is 1.38. The fourth-order valence-electron chi connectivity index (χ4n) is 25.0. The maximum Gasteiger partial charge on any atom is -0.00132 e. The molecule has 0 radical (unpaired) electrons. The van der Waals surface area contributed by atoms with E-state index in [0.717, 1.165) is 19.3 Å². The Hall–Kier alpha value is -18.7. The number of hydrogen-bond donors (Lipinski definition) is 0. The summed E-state index contributed by atoms with van der Waals surface area (Å²) < 4.78 is 0. The van der Waals surface area contributed by atoms with Gasteiger partial charge in [-0.25, -0.2) is 0 Å². The van der Waals surface area contributed by atoms with E-state index in [-0.39, 0.29) is 0 Å². The van der Waals surface area contributed by atoms with E-state index in [9.17, 15) is 0 Å². The van der Waals surface area contributed by atoms with Crippen LogP contribution in [0.3, 0.4) is 0 Å². The van der Waals surface area contributed by atoms with Gasteiger partial charge < -0.3 is 0 Å². The molecule has 0 aliphatic heterocycles. The average molecular weight is 1860 g/mol. The minimum absolute atomic E-state index is 1.08. The predicted octanol–water partition coefficient (Wildman–Crippen LogP) is 40.7. The molecule has 684 valence electrons. The van der Waals surface area contributed by atoms with Crippen LogP contribution in [-0.2, 0) is 19.3 Å². The lowest BCUT2D eigenvalue weighted by molar-refractivity contribution is 1.26. The smallest absolute Gasteiger partial charge is 0.00132 e. The Morgan fingerprint density at radius 2 is 0.286 bits per heavy atom. The molecule has 0 unspecified atom stereocenters. The van der Waals surface area contributed by atoms with E-state index in [4.69, 9.17) is 0 Å². The summed E-state index contributed by atoms with van der Waals surface area (Å²) in [6.07, 6.45) is 3.26. The van der Waals surface area contributed by atoms with Gasteiger partial charge in [0.25, 0.3) is 0 Å². The lowest BCUT2D eigenvalue weighted by atomic mass is 9.87. The van der Waals surface area contributed by atoms with Crippen molar-refractivity contribution >= 4 is 226 Å². The molecule has 0 bridgehead atoms. The molecule has 0 amide bonds. The monoisotopic (exact) mass is 1860 g/mol. The fraction of sp³-hybridized carbons (Fsp3) is 0.0204. The lowest BCUT2D eigenvalue weighted by Crippen LogP contribution is -1.87. The Morgan fingerprint density at radius 1 is 0.0884 bits per heavy atom. The van der Waals surface area contributed by atoms with E-state index in [1.54, 1.807) is 0 Å². The van der Waals surface area contributed by atoms with Gasteiger partial charge in [0.05, 0.1) is 0 Å². The topological polar surface area (TPSA) is 0 Å². The molecule has 31 aromatic rings. The highest BCUT2D eigenvalue weighted by Crippen LogP contribution is 2.50. The first kappa shape index (κ1) is 86.2. The zero-order valence-electron chi connectivity index (χ0n) is 81.1. The van der Waals surface area contributed by atoms with Crippen LogP contribution in [0, 0.1) is 0 Å². The molecule has 0 heteroatoms. The molecule has 0 N–H and O–H groups in total. The van der Waals surface area contributed by atoms with Gasteiger partial charge in [-0.15, -0.1) is 0 Å². The van der Waals surface area contributed by atoms with E-state index >= 15 is 0 Å². The minimum Gasteiger partial charge on any atom is -0.0619 e. The first-order valence-electron chi connectivity index (χ1n) is 51.5. The first-order chi connectivity index (χ1) is 73.0. The molecule has 0 fully saturated rings. The SMILES string of the molecule is c1ccc2c(c1)Cc1cc3ccccc3cc1-2.c1ccc2c(c1)Cc1ccc3ccccc3c1-2.c1ccc2c(c1)Cc1ccccc1-2.c1ccc2c(c1)c1ccccc1c1c3ccccc3c3ccccc3c21.c1ccc2c(c1)ccc1c3ccccc3c3ccc4ccccc4c3c21.c1ccc2c(c1)ccc1c3ccccc3c3ccccc3c21.c1ccc2cc3c(cc2c1)c1ccccc1c1ccc2ccccc2c13. The molecule has 3 aliphatic rings. The third-order valence-corrected chi connectivity index (χ3v) is 31.5. The van der Waals surface area contributed by atoms with E-state index < -0.39 is 0 Å². The van der Waals surface area contributed by atoms with E-state index in [0.29, 0.717) is 0 Å². The van der Waals surface area contributed by atoms with Crippen LogP contribution in [-0.4, -0.2) is 0 Å². The molecule has 147 heavy (non-hydrogen) atoms. The van der Waals surface area contributed by atoms with Crippen LogP contribution in [0.1, 0.15) is 33.4 Å². The van der Waals surface area contributed by atoms with Gasteiger partial charge in [-0.3, -0.25) is 0 Å². The predicted molar refractivity (Wildman–Crippen MR) is 637 cm³/mol.